The SMILES string of the molecule is C(#Cc1nc2ccccc2[nH]1)CN1CCC2=C(CN(Cc3ccc4ccccc4c3)C=N2)C1. The Kier molecular flexibility index (Phi) is 5.14. The van der Waals surface area contributed by atoms with E-state index in [-0.39, 0.29) is 0 Å². The quantitative estimate of drug-likeness (QED) is 0.484. The number of rotatable bonds is 3. The molecule has 1 N–H and O–H groups in total. The molecule has 0 atom stereocenters. The summed E-state index contributed by atoms with van der Waals surface area (Å²) >= 11 is 0. The van der Waals surface area contributed by atoms with Gasteiger partial charge < -0.3 is 9.88 Å². The third-order valence-corrected chi connectivity index (χ3v) is 6.36. The fourth-order valence-electron chi connectivity index (χ4n) is 4.67. The van der Waals surface area contributed by atoms with E-state index in [1.165, 1.54) is 27.6 Å². The van der Waals surface area contributed by atoms with Crippen LogP contribution in [0.2, 0.25) is 0 Å². The molecule has 162 valence electrons. The monoisotopic (exact) mass is 431 g/mol. The van der Waals surface area contributed by atoms with E-state index < -0.39 is 0 Å². The predicted molar refractivity (Wildman–Crippen MR) is 134 cm³/mol. The van der Waals surface area contributed by atoms with Crippen molar-refractivity contribution in [2.45, 2.75) is 13.0 Å². The summed E-state index contributed by atoms with van der Waals surface area (Å²) < 4.78 is 0. The van der Waals surface area contributed by atoms with Crippen molar-refractivity contribution < 1.29 is 0 Å². The van der Waals surface area contributed by atoms with Crippen molar-refractivity contribution in [1.82, 2.24) is 19.8 Å². The first-order valence-electron chi connectivity index (χ1n) is 11.4. The maximum absolute atomic E-state index is 4.78. The van der Waals surface area contributed by atoms with Crippen molar-refractivity contribution in [3.63, 3.8) is 0 Å². The second-order valence-electron chi connectivity index (χ2n) is 8.75. The molecule has 6 rings (SSSR count). The highest BCUT2D eigenvalue weighted by molar-refractivity contribution is 5.83. The maximum Gasteiger partial charge on any atom is 0.183 e. The van der Waals surface area contributed by atoms with Gasteiger partial charge in [0, 0.05) is 38.3 Å². The van der Waals surface area contributed by atoms with Gasteiger partial charge in [0.25, 0.3) is 0 Å². The Labute approximate surface area is 193 Å². The van der Waals surface area contributed by atoms with Gasteiger partial charge in [-0.25, -0.2) is 9.98 Å². The zero-order valence-electron chi connectivity index (χ0n) is 18.5. The molecule has 5 nitrogen and oxygen atoms in total. The maximum atomic E-state index is 4.78. The molecule has 0 saturated heterocycles. The van der Waals surface area contributed by atoms with Crippen molar-refractivity contribution in [1.29, 1.82) is 0 Å². The largest absolute Gasteiger partial charge is 0.354 e. The van der Waals surface area contributed by atoms with Crippen LogP contribution in [-0.4, -0.2) is 52.3 Å². The summed E-state index contributed by atoms with van der Waals surface area (Å²) in [6, 6.07) is 23.3. The summed E-state index contributed by atoms with van der Waals surface area (Å²) in [7, 11) is 0. The lowest BCUT2D eigenvalue weighted by atomic mass is 10.0. The van der Waals surface area contributed by atoms with Crippen molar-refractivity contribution >= 4 is 28.1 Å². The molecule has 2 aliphatic rings. The summed E-state index contributed by atoms with van der Waals surface area (Å²) in [6.07, 6.45) is 3.01. The average molecular weight is 432 g/mol. The Morgan fingerprint density at radius 2 is 1.82 bits per heavy atom. The third kappa shape index (κ3) is 4.26. The first-order valence-corrected chi connectivity index (χ1v) is 11.4. The minimum atomic E-state index is 0.733. The lowest BCUT2D eigenvalue weighted by Crippen LogP contribution is -2.38. The number of benzene rings is 3. The van der Waals surface area contributed by atoms with Crippen molar-refractivity contribution in [3.8, 4) is 11.8 Å². The van der Waals surface area contributed by atoms with Crippen LogP contribution in [0.1, 0.15) is 17.8 Å². The molecule has 5 heteroatoms. The lowest BCUT2D eigenvalue weighted by Gasteiger charge is -2.33. The number of fused-ring (bicyclic) bond motifs is 2. The van der Waals surface area contributed by atoms with Crippen LogP contribution in [0.15, 0.2) is 83.0 Å². The second-order valence-corrected chi connectivity index (χ2v) is 8.75. The summed E-state index contributed by atoms with van der Waals surface area (Å²) in [4.78, 5) is 17.3. The molecule has 2 aliphatic heterocycles. The molecule has 33 heavy (non-hydrogen) atoms. The van der Waals surface area contributed by atoms with E-state index in [2.05, 4.69) is 74.1 Å². The van der Waals surface area contributed by atoms with Crippen LogP contribution in [0, 0.1) is 11.8 Å². The van der Waals surface area contributed by atoms with Gasteiger partial charge in [-0.2, -0.15) is 0 Å². The Balaban J connectivity index is 1.09. The van der Waals surface area contributed by atoms with E-state index in [9.17, 15) is 0 Å². The van der Waals surface area contributed by atoms with E-state index in [0.717, 1.165) is 56.0 Å². The van der Waals surface area contributed by atoms with E-state index in [0.29, 0.717) is 0 Å². The number of H-pyrrole nitrogens is 1. The van der Waals surface area contributed by atoms with Gasteiger partial charge >= 0.3 is 0 Å². The van der Waals surface area contributed by atoms with Gasteiger partial charge in [-0.15, -0.1) is 0 Å². The van der Waals surface area contributed by atoms with Crippen LogP contribution >= 0.6 is 0 Å². The van der Waals surface area contributed by atoms with Crippen molar-refractivity contribution in [2.24, 2.45) is 4.99 Å². The molecule has 0 bridgehead atoms. The molecule has 0 spiro atoms. The van der Waals surface area contributed by atoms with Crippen LogP contribution in [0.4, 0.5) is 0 Å². The van der Waals surface area contributed by atoms with E-state index in [1.54, 1.807) is 0 Å². The first-order chi connectivity index (χ1) is 16.3. The highest BCUT2D eigenvalue weighted by atomic mass is 15.2. The number of hydrogen-bond donors (Lipinski definition) is 1. The Morgan fingerprint density at radius 3 is 2.76 bits per heavy atom. The zero-order chi connectivity index (χ0) is 22.0. The Hall–Kier alpha value is -3.88. The average Bonchev–Trinajstić information content (AvgIpc) is 3.27. The minimum Gasteiger partial charge on any atom is -0.354 e. The summed E-state index contributed by atoms with van der Waals surface area (Å²) in [5.41, 5.74) is 5.97. The van der Waals surface area contributed by atoms with Crippen LogP contribution < -0.4 is 0 Å². The number of hydrogen-bond acceptors (Lipinski definition) is 4. The normalized spacial score (nSPS) is 16.2. The molecular formula is C28H25N5. The summed E-state index contributed by atoms with van der Waals surface area (Å²) in [5.74, 6) is 7.23. The zero-order valence-corrected chi connectivity index (χ0v) is 18.5. The Bertz CT molecular complexity index is 1420. The second kappa shape index (κ2) is 8.57. The van der Waals surface area contributed by atoms with Gasteiger partial charge in [-0.1, -0.05) is 54.5 Å². The van der Waals surface area contributed by atoms with E-state index >= 15 is 0 Å². The van der Waals surface area contributed by atoms with Gasteiger partial charge in [-0.3, -0.25) is 4.90 Å². The number of aromatic amines is 1. The third-order valence-electron chi connectivity index (χ3n) is 6.36. The number of nitrogens with zero attached hydrogens (tertiary/aromatic N) is 4. The molecule has 0 fully saturated rings. The van der Waals surface area contributed by atoms with Crippen LogP contribution in [0.3, 0.4) is 0 Å². The molecule has 0 amide bonds. The predicted octanol–water partition coefficient (Wildman–Crippen LogP) is 4.57. The Morgan fingerprint density at radius 1 is 0.939 bits per heavy atom. The lowest BCUT2D eigenvalue weighted by molar-refractivity contribution is 0.300. The standard InChI is InChI=1S/C28H25N5/c1-2-7-23-16-21(11-12-22(23)6-1)17-33-19-24-18-32(15-13-25(24)29-20-33)14-5-10-28-30-26-8-3-4-9-27(26)31-28/h1-4,6-9,11-12,16,20H,13-15,17-19H2,(H,30,31). The molecule has 0 aliphatic carbocycles. The fourth-order valence-corrected chi connectivity index (χ4v) is 4.67. The van der Waals surface area contributed by atoms with E-state index in [4.69, 9.17) is 4.99 Å². The molecule has 0 radical (unpaired) electrons. The highest BCUT2D eigenvalue weighted by Gasteiger charge is 2.22. The van der Waals surface area contributed by atoms with Gasteiger partial charge in [0.05, 0.1) is 23.9 Å². The molecule has 0 saturated carbocycles. The number of aromatic nitrogens is 2. The fraction of sp³-hybridized carbons (Fsp3) is 0.214. The smallest absolute Gasteiger partial charge is 0.183 e. The number of para-hydroxylation sites is 2. The summed E-state index contributed by atoms with van der Waals surface area (Å²) in [5, 5.41) is 2.57. The highest BCUT2D eigenvalue weighted by Crippen LogP contribution is 2.24. The van der Waals surface area contributed by atoms with Crippen LogP contribution in [0.5, 0.6) is 0 Å². The molecule has 3 heterocycles. The first kappa shape index (κ1) is 19.8. The van der Waals surface area contributed by atoms with Gasteiger partial charge in [0.1, 0.15) is 0 Å². The summed E-state index contributed by atoms with van der Waals surface area (Å²) in [6.45, 7) is 4.46. The molecule has 1 aromatic heterocycles. The number of imidazole rings is 1. The molecule has 3 aromatic carbocycles. The van der Waals surface area contributed by atoms with Gasteiger partial charge in [0.2, 0.25) is 0 Å². The topological polar surface area (TPSA) is 47.5 Å². The van der Waals surface area contributed by atoms with Crippen LogP contribution in [-0.2, 0) is 6.54 Å². The minimum absolute atomic E-state index is 0.733. The molecule has 4 aromatic rings. The number of nitrogens with one attached hydrogen (secondary N) is 1. The molecule has 0 unspecified atom stereocenters. The van der Waals surface area contributed by atoms with Crippen molar-refractivity contribution in [2.75, 3.05) is 26.2 Å². The van der Waals surface area contributed by atoms with Crippen LogP contribution in [0.25, 0.3) is 21.8 Å². The number of aliphatic imine (C=N–C) groups is 1. The van der Waals surface area contributed by atoms with Crippen molar-refractivity contribution in [3.05, 3.63) is 89.4 Å². The van der Waals surface area contributed by atoms with Gasteiger partial charge in [0.15, 0.2) is 5.82 Å². The molecular weight excluding hydrogens is 406 g/mol. The van der Waals surface area contributed by atoms with Gasteiger partial charge in [-0.05, 0) is 46.0 Å². The van der Waals surface area contributed by atoms with E-state index in [1.807, 2.05) is 30.6 Å².